The second-order valence-corrected chi connectivity index (χ2v) is 9.79. The Morgan fingerprint density at radius 3 is 2.29 bits per heavy atom. The zero-order valence-corrected chi connectivity index (χ0v) is 19.4. The van der Waals surface area contributed by atoms with E-state index in [1.807, 2.05) is 11.0 Å². The molecule has 1 aliphatic heterocycles. The molecular formula is C24H32N2O4S. The number of nitrogens with zero attached hydrogens (tertiary/aromatic N) is 2. The Morgan fingerprint density at radius 1 is 1.06 bits per heavy atom. The number of carbonyl (C=O) groups excluding carboxylic acids is 1. The van der Waals surface area contributed by atoms with E-state index in [0.717, 1.165) is 19.3 Å². The maximum atomic E-state index is 13.1. The molecule has 7 heteroatoms. The highest BCUT2D eigenvalue weighted by molar-refractivity contribution is 7.89. The molecule has 1 aliphatic rings. The molecule has 168 valence electrons. The Hall–Kier alpha value is -2.38. The molecule has 1 amide bonds. The fraction of sp³-hybridized carbons (Fsp3) is 0.458. The summed E-state index contributed by atoms with van der Waals surface area (Å²) in [6.07, 6.45) is 2.92. The minimum atomic E-state index is -3.74. The number of hydrogen-bond acceptors (Lipinski definition) is 4. The molecule has 1 fully saturated rings. The fourth-order valence-electron chi connectivity index (χ4n) is 4.18. The third kappa shape index (κ3) is 5.28. The van der Waals surface area contributed by atoms with Crippen LogP contribution in [0.1, 0.15) is 42.6 Å². The van der Waals surface area contributed by atoms with Gasteiger partial charge in [-0.3, -0.25) is 4.79 Å². The number of methoxy groups -OCH3 is 1. The standard InChI is InChI=1S/C24H32N2O4S/c1-4-26(5-2)31(28,29)23-18-21(11-12-22(23)30-3)24(27)25-15-13-20(14-16-25)17-19-9-7-6-8-10-19/h6-12,18,20H,4-5,13-17H2,1-3H3. The Balaban J connectivity index is 1.74. The third-order valence-electron chi connectivity index (χ3n) is 6.00. The average Bonchev–Trinajstić information content (AvgIpc) is 2.80. The molecule has 0 aromatic heterocycles. The summed E-state index contributed by atoms with van der Waals surface area (Å²) in [5, 5.41) is 0. The van der Waals surface area contributed by atoms with Crippen molar-refractivity contribution in [3.8, 4) is 5.75 Å². The van der Waals surface area contributed by atoms with Crippen molar-refractivity contribution in [3.63, 3.8) is 0 Å². The van der Waals surface area contributed by atoms with Gasteiger partial charge in [0.1, 0.15) is 10.6 Å². The van der Waals surface area contributed by atoms with E-state index in [2.05, 4.69) is 24.3 Å². The normalized spacial score (nSPS) is 15.3. The molecule has 0 radical (unpaired) electrons. The molecule has 2 aromatic carbocycles. The van der Waals surface area contributed by atoms with Gasteiger partial charge in [-0.05, 0) is 48.9 Å². The summed E-state index contributed by atoms with van der Waals surface area (Å²) in [5.74, 6) is 0.683. The van der Waals surface area contributed by atoms with E-state index in [4.69, 9.17) is 4.74 Å². The number of sulfonamides is 1. The van der Waals surface area contributed by atoms with Crippen molar-refractivity contribution >= 4 is 15.9 Å². The van der Waals surface area contributed by atoms with Crippen molar-refractivity contribution < 1.29 is 17.9 Å². The van der Waals surface area contributed by atoms with Gasteiger partial charge in [0.05, 0.1) is 7.11 Å². The van der Waals surface area contributed by atoms with Crippen molar-refractivity contribution in [1.29, 1.82) is 0 Å². The van der Waals surface area contributed by atoms with E-state index in [1.165, 1.54) is 23.0 Å². The van der Waals surface area contributed by atoms with Gasteiger partial charge < -0.3 is 9.64 Å². The number of hydrogen-bond donors (Lipinski definition) is 0. The predicted molar refractivity (Wildman–Crippen MR) is 122 cm³/mol. The van der Waals surface area contributed by atoms with Crippen LogP contribution in [0.4, 0.5) is 0 Å². The average molecular weight is 445 g/mol. The van der Waals surface area contributed by atoms with Gasteiger partial charge in [0.2, 0.25) is 10.0 Å². The Bertz CT molecular complexity index is 980. The number of likely N-dealkylation sites (tertiary alicyclic amines) is 1. The second-order valence-electron chi connectivity index (χ2n) is 7.88. The summed E-state index contributed by atoms with van der Waals surface area (Å²) in [6.45, 7) is 5.66. The van der Waals surface area contributed by atoms with Gasteiger partial charge in [-0.15, -0.1) is 0 Å². The van der Waals surface area contributed by atoms with Crippen LogP contribution in [-0.4, -0.2) is 56.8 Å². The van der Waals surface area contributed by atoms with Gasteiger partial charge in [-0.2, -0.15) is 4.31 Å². The number of carbonyl (C=O) groups is 1. The van der Waals surface area contributed by atoms with E-state index in [1.54, 1.807) is 26.0 Å². The SMILES string of the molecule is CCN(CC)S(=O)(=O)c1cc(C(=O)N2CCC(Cc3ccccc3)CC2)ccc1OC. The Kier molecular flexibility index (Phi) is 7.73. The van der Waals surface area contributed by atoms with Crippen molar-refractivity contribution in [2.24, 2.45) is 5.92 Å². The lowest BCUT2D eigenvalue weighted by atomic mass is 9.90. The highest BCUT2D eigenvalue weighted by Gasteiger charge is 2.29. The maximum absolute atomic E-state index is 13.1. The van der Waals surface area contributed by atoms with Gasteiger partial charge in [0.15, 0.2) is 0 Å². The number of ether oxygens (including phenoxy) is 1. The molecule has 2 aromatic rings. The van der Waals surface area contributed by atoms with Crippen LogP contribution in [0.15, 0.2) is 53.4 Å². The summed E-state index contributed by atoms with van der Waals surface area (Å²) in [6, 6.07) is 15.1. The molecule has 0 N–H and O–H groups in total. The monoisotopic (exact) mass is 444 g/mol. The molecular weight excluding hydrogens is 412 g/mol. The predicted octanol–water partition coefficient (Wildman–Crippen LogP) is 3.82. The van der Waals surface area contributed by atoms with E-state index in [-0.39, 0.29) is 16.6 Å². The summed E-state index contributed by atoms with van der Waals surface area (Å²) in [7, 11) is -2.30. The summed E-state index contributed by atoms with van der Waals surface area (Å²) in [5.41, 5.74) is 1.71. The Labute approximate surface area is 185 Å². The quantitative estimate of drug-likeness (QED) is 0.621. The summed E-state index contributed by atoms with van der Waals surface area (Å²) < 4.78 is 32.8. The zero-order valence-electron chi connectivity index (χ0n) is 18.6. The highest BCUT2D eigenvalue weighted by Crippen LogP contribution is 2.29. The molecule has 0 unspecified atom stereocenters. The van der Waals surface area contributed by atoms with Crippen LogP contribution < -0.4 is 4.74 Å². The number of amides is 1. The topological polar surface area (TPSA) is 66.9 Å². The second kappa shape index (κ2) is 10.3. The van der Waals surface area contributed by atoms with Crippen molar-refractivity contribution in [2.75, 3.05) is 33.3 Å². The van der Waals surface area contributed by atoms with Crippen molar-refractivity contribution in [1.82, 2.24) is 9.21 Å². The van der Waals surface area contributed by atoms with Gasteiger partial charge in [-0.1, -0.05) is 44.2 Å². The lowest BCUT2D eigenvalue weighted by Crippen LogP contribution is -2.39. The summed E-state index contributed by atoms with van der Waals surface area (Å²) >= 11 is 0. The zero-order chi connectivity index (χ0) is 22.4. The molecule has 0 saturated carbocycles. The first-order valence-corrected chi connectivity index (χ1v) is 12.4. The van der Waals surface area contributed by atoms with Crippen LogP contribution in [0.2, 0.25) is 0 Å². The van der Waals surface area contributed by atoms with E-state index in [0.29, 0.717) is 37.7 Å². The van der Waals surface area contributed by atoms with Crippen molar-refractivity contribution in [2.45, 2.75) is 38.0 Å². The molecule has 0 atom stereocenters. The van der Waals surface area contributed by atoms with Crippen LogP contribution in [-0.2, 0) is 16.4 Å². The van der Waals surface area contributed by atoms with Crippen LogP contribution in [0.25, 0.3) is 0 Å². The van der Waals surface area contributed by atoms with Gasteiger partial charge in [-0.25, -0.2) is 8.42 Å². The minimum absolute atomic E-state index is 0.0449. The fourth-order valence-corrected chi connectivity index (χ4v) is 5.82. The lowest BCUT2D eigenvalue weighted by Gasteiger charge is -2.32. The van der Waals surface area contributed by atoms with E-state index < -0.39 is 10.0 Å². The van der Waals surface area contributed by atoms with Crippen LogP contribution in [0, 0.1) is 5.92 Å². The molecule has 6 nitrogen and oxygen atoms in total. The Morgan fingerprint density at radius 2 is 1.71 bits per heavy atom. The number of rotatable bonds is 8. The molecule has 0 aliphatic carbocycles. The van der Waals surface area contributed by atoms with Crippen molar-refractivity contribution in [3.05, 3.63) is 59.7 Å². The smallest absolute Gasteiger partial charge is 0.253 e. The van der Waals surface area contributed by atoms with Gasteiger partial charge in [0.25, 0.3) is 5.91 Å². The highest BCUT2D eigenvalue weighted by atomic mass is 32.2. The number of benzene rings is 2. The molecule has 0 spiro atoms. The van der Waals surface area contributed by atoms with Gasteiger partial charge in [0, 0.05) is 31.7 Å². The molecule has 31 heavy (non-hydrogen) atoms. The first-order valence-electron chi connectivity index (χ1n) is 10.9. The van der Waals surface area contributed by atoms with E-state index in [9.17, 15) is 13.2 Å². The maximum Gasteiger partial charge on any atom is 0.253 e. The lowest BCUT2D eigenvalue weighted by molar-refractivity contribution is 0.0690. The first-order chi connectivity index (χ1) is 14.9. The van der Waals surface area contributed by atoms with Crippen LogP contribution in [0.3, 0.4) is 0 Å². The summed E-state index contributed by atoms with van der Waals surface area (Å²) in [4.78, 5) is 15.0. The first kappa shape index (κ1) is 23.3. The largest absolute Gasteiger partial charge is 0.495 e. The number of piperidine rings is 1. The van der Waals surface area contributed by atoms with Crippen LogP contribution >= 0.6 is 0 Å². The van der Waals surface area contributed by atoms with Gasteiger partial charge >= 0.3 is 0 Å². The molecule has 3 rings (SSSR count). The van der Waals surface area contributed by atoms with Crippen LogP contribution in [0.5, 0.6) is 5.75 Å². The van der Waals surface area contributed by atoms with E-state index >= 15 is 0 Å². The molecule has 1 heterocycles. The third-order valence-corrected chi connectivity index (χ3v) is 8.07. The minimum Gasteiger partial charge on any atom is -0.495 e. The molecule has 0 bridgehead atoms. The molecule has 1 saturated heterocycles.